The van der Waals surface area contributed by atoms with Gasteiger partial charge in [0, 0.05) is 50.0 Å². The molecular weight excluding hydrogens is 392 g/mol. The summed E-state index contributed by atoms with van der Waals surface area (Å²) in [7, 11) is 0. The van der Waals surface area contributed by atoms with Crippen molar-refractivity contribution in [3.8, 4) is 0 Å². The molecule has 1 atom stereocenters. The number of esters is 1. The molecule has 2 aliphatic rings. The highest BCUT2D eigenvalue weighted by molar-refractivity contribution is 6.30. The molecule has 2 aliphatic heterocycles. The SMILES string of the molecule is C=CCN1C(=O)NC(c2cccc(Cl)c2)C(C(=O)OCC)=C1CN1CCNCC1. The predicted molar refractivity (Wildman–Crippen MR) is 113 cm³/mol. The Morgan fingerprint density at radius 3 is 2.79 bits per heavy atom. The molecule has 1 aromatic rings. The monoisotopic (exact) mass is 418 g/mol. The van der Waals surface area contributed by atoms with E-state index in [4.69, 9.17) is 16.3 Å². The average Bonchev–Trinajstić information content (AvgIpc) is 2.71. The van der Waals surface area contributed by atoms with Crippen LogP contribution >= 0.6 is 11.6 Å². The van der Waals surface area contributed by atoms with Gasteiger partial charge in [0.1, 0.15) is 0 Å². The molecule has 1 unspecified atom stereocenters. The number of nitrogens with zero attached hydrogens (tertiary/aromatic N) is 2. The van der Waals surface area contributed by atoms with E-state index in [1.807, 2.05) is 6.07 Å². The van der Waals surface area contributed by atoms with E-state index in [2.05, 4.69) is 22.1 Å². The van der Waals surface area contributed by atoms with E-state index in [1.54, 1.807) is 36.1 Å². The van der Waals surface area contributed by atoms with Crippen LogP contribution < -0.4 is 10.6 Å². The fourth-order valence-electron chi connectivity index (χ4n) is 3.66. The lowest BCUT2D eigenvalue weighted by Gasteiger charge is -2.39. The van der Waals surface area contributed by atoms with Gasteiger partial charge in [0.15, 0.2) is 0 Å². The zero-order valence-corrected chi connectivity index (χ0v) is 17.4. The molecule has 1 aromatic carbocycles. The first-order valence-electron chi connectivity index (χ1n) is 9.82. The molecule has 0 aliphatic carbocycles. The lowest BCUT2D eigenvalue weighted by molar-refractivity contribution is -0.139. The topological polar surface area (TPSA) is 73.9 Å². The second kappa shape index (κ2) is 9.91. The van der Waals surface area contributed by atoms with E-state index in [-0.39, 0.29) is 12.6 Å². The molecule has 0 bridgehead atoms. The Labute approximate surface area is 176 Å². The maximum atomic E-state index is 13.0. The fourth-order valence-corrected chi connectivity index (χ4v) is 3.86. The van der Waals surface area contributed by atoms with Gasteiger partial charge >= 0.3 is 12.0 Å². The minimum absolute atomic E-state index is 0.251. The molecule has 2 heterocycles. The van der Waals surface area contributed by atoms with Crippen molar-refractivity contribution in [2.24, 2.45) is 0 Å². The Balaban J connectivity index is 2.10. The van der Waals surface area contributed by atoms with Gasteiger partial charge in [0.25, 0.3) is 0 Å². The lowest BCUT2D eigenvalue weighted by Crippen LogP contribution is -2.52. The first kappa shape index (κ1) is 21.4. The molecule has 0 saturated carbocycles. The molecule has 7 nitrogen and oxygen atoms in total. The number of piperazine rings is 1. The van der Waals surface area contributed by atoms with Crippen LogP contribution in [0.4, 0.5) is 4.79 Å². The number of amides is 2. The summed E-state index contributed by atoms with van der Waals surface area (Å²) in [6.07, 6.45) is 1.65. The minimum atomic E-state index is -0.626. The molecule has 8 heteroatoms. The van der Waals surface area contributed by atoms with Crippen molar-refractivity contribution in [3.63, 3.8) is 0 Å². The van der Waals surface area contributed by atoms with Gasteiger partial charge in [-0.05, 0) is 24.6 Å². The van der Waals surface area contributed by atoms with E-state index >= 15 is 0 Å². The molecule has 0 aromatic heterocycles. The normalized spacial score (nSPS) is 20.4. The summed E-state index contributed by atoms with van der Waals surface area (Å²) >= 11 is 6.18. The number of urea groups is 1. The van der Waals surface area contributed by atoms with Gasteiger partial charge in [-0.3, -0.25) is 9.80 Å². The third-order valence-electron chi connectivity index (χ3n) is 5.01. The largest absolute Gasteiger partial charge is 0.463 e. The van der Waals surface area contributed by atoms with Gasteiger partial charge in [-0.15, -0.1) is 6.58 Å². The second-order valence-electron chi connectivity index (χ2n) is 6.94. The first-order valence-corrected chi connectivity index (χ1v) is 10.2. The highest BCUT2D eigenvalue weighted by Crippen LogP contribution is 2.33. The number of ether oxygens (including phenoxy) is 1. The van der Waals surface area contributed by atoms with Crippen molar-refractivity contribution in [2.75, 3.05) is 45.9 Å². The van der Waals surface area contributed by atoms with E-state index in [0.717, 1.165) is 31.7 Å². The molecule has 1 saturated heterocycles. The summed E-state index contributed by atoms with van der Waals surface area (Å²) < 4.78 is 5.38. The number of rotatable bonds is 7. The van der Waals surface area contributed by atoms with E-state index in [0.29, 0.717) is 29.4 Å². The fraction of sp³-hybridized carbons (Fsp3) is 0.429. The summed E-state index contributed by atoms with van der Waals surface area (Å²) in [5, 5.41) is 6.80. The van der Waals surface area contributed by atoms with Crippen molar-refractivity contribution in [2.45, 2.75) is 13.0 Å². The molecule has 2 N–H and O–H groups in total. The van der Waals surface area contributed by atoms with Crippen LogP contribution in [-0.2, 0) is 9.53 Å². The highest BCUT2D eigenvalue weighted by Gasteiger charge is 2.38. The second-order valence-corrected chi connectivity index (χ2v) is 7.38. The van der Waals surface area contributed by atoms with E-state index in [9.17, 15) is 9.59 Å². The molecule has 156 valence electrons. The zero-order valence-electron chi connectivity index (χ0n) is 16.6. The maximum absolute atomic E-state index is 13.0. The number of carbonyl (C=O) groups excluding carboxylic acids is 2. The van der Waals surface area contributed by atoms with Gasteiger partial charge in [-0.25, -0.2) is 9.59 Å². The molecule has 0 spiro atoms. The molecule has 1 fully saturated rings. The standard InChI is InChI=1S/C21H27ClN4O3/c1-3-10-26-17(14-25-11-8-23-9-12-25)18(20(27)29-4-2)19(24-21(26)28)15-6-5-7-16(22)13-15/h3,5-7,13,19,23H,1,4,8-12,14H2,2H3,(H,24,28). The zero-order chi connectivity index (χ0) is 20.8. The lowest BCUT2D eigenvalue weighted by atomic mass is 9.94. The minimum Gasteiger partial charge on any atom is -0.463 e. The van der Waals surface area contributed by atoms with Gasteiger partial charge < -0.3 is 15.4 Å². The number of hydrogen-bond acceptors (Lipinski definition) is 5. The maximum Gasteiger partial charge on any atom is 0.338 e. The van der Waals surface area contributed by atoms with Gasteiger partial charge in [-0.1, -0.05) is 29.8 Å². The van der Waals surface area contributed by atoms with Crippen LogP contribution in [0.2, 0.25) is 5.02 Å². The Morgan fingerprint density at radius 2 is 2.14 bits per heavy atom. The van der Waals surface area contributed by atoms with Gasteiger partial charge in [0.05, 0.1) is 18.2 Å². The van der Waals surface area contributed by atoms with Crippen LogP contribution in [0.5, 0.6) is 0 Å². The Hall–Kier alpha value is -2.35. The van der Waals surface area contributed by atoms with Gasteiger partial charge in [0.2, 0.25) is 0 Å². The summed E-state index contributed by atoms with van der Waals surface area (Å²) in [5.74, 6) is -0.434. The van der Waals surface area contributed by atoms with Crippen molar-refractivity contribution in [1.29, 1.82) is 0 Å². The molecule has 0 radical (unpaired) electrons. The van der Waals surface area contributed by atoms with Crippen molar-refractivity contribution in [3.05, 3.63) is 58.8 Å². The predicted octanol–water partition coefficient (Wildman–Crippen LogP) is 2.31. The molecule has 2 amide bonds. The van der Waals surface area contributed by atoms with Gasteiger partial charge in [-0.2, -0.15) is 0 Å². The van der Waals surface area contributed by atoms with Crippen LogP contribution in [0.1, 0.15) is 18.5 Å². The Bertz CT molecular complexity index is 805. The van der Waals surface area contributed by atoms with E-state index in [1.165, 1.54) is 0 Å². The summed E-state index contributed by atoms with van der Waals surface area (Å²) in [6, 6.07) is 6.28. The van der Waals surface area contributed by atoms with Crippen LogP contribution in [0, 0.1) is 0 Å². The number of benzene rings is 1. The first-order chi connectivity index (χ1) is 14.0. The Morgan fingerprint density at radius 1 is 1.38 bits per heavy atom. The van der Waals surface area contributed by atoms with E-state index < -0.39 is 12.0 Å². The van der Waals surface area contributed by atoms with Crippen LogP contribution in [0.25, 0.3) is 0 Å². The summed E-state index contributed by atoms with van der Waals surface area (Å²) in [6.45, 7) is 9.98. The average molecular weight is 419 g/mol. The third-order valence-corrected chi connectivity index (χ3v) is 5.25. The summed E-state index contributed by atoms with van der Waals surface area (Å²) in [4.78, 5) is 29.8. The highest BCUT2D eigenvalue weighted by atomic mass is 35.5. The van der Waals surface area contributed by atoms with Crippen LogP contribution in [0.15, 0.2) is 48.2 Å². The summed E-state index contributed by atoms with van der Waals surface area (Å²) in [5.41, 5.74) is 1.83. The van der Waals surface area contributed by atoms with Crippen molar-refractivity contribution >= 4 is 23.6 Å². The molecule has 3 rings (SSSR count). The smallest absolute Gasteiger partial charge is 0.338 e. The number of halogens is 1. The number of nitrogens with one attached hydrogen (secondary N) is 2. The number of carbonyl (C=O) groups is 2. The van der Waals surface area contributed by atoms with Crippen LogP contribution in [0.3, 0.4) is 0 Å². The van der Waals surface area contributed by atoms with Crippen LogP contribution in [-0.4, -0.2) is 67.7 Å². The quantitative estimate of drug-likeness (QED) is 0.525. The number of hydrogen-bond donors (Lipinski definition) is 2. The third kappa shape index (κ3) is 4.98. The molecular formula is C21H27ClN4O3. The van der Waals surface area contributed by atoms with Crippen molar-refractivity contribution in [1.82, 2.24) is 20.4 Å². The Kier molecular flexibility index (Phi) is 7.30. The van der Waals surface area contributed by atoms with Crippen molar-refractivity contribution < 1.29 is 14.3 Å². The molecule has 29 heavy (non-hydrogen) atoms.